The highest BCUT2D eigenvalue weighted by atomic mass is 35.5. The highest BCUT2D eigenvalue weighted by molar-refractivity contribution is 6.30. The molecule has 3 nitrogen and oxygen atoms in total. The van der Waals surface area contributed by atoms with Crippen LogP contribution in [0.15, 0.2) is 12.1 Å². The van der Waals surface area contributed by atoms with Crippen molar-refractivity contribution in [3.63, 3.8) is 0 Å². The summed E-state index contributed by atoms with van der Waals surface area (Å²) in [5.41, 5.74) is 1.01. The van der Waals surface area contributed by atoms with E-state index in [4.69, 9.17) is 16.3 Å². The first-order valence-electron chi connectivity index (χ1n) is 6.62. The molecule has 19 heavy (non-hydrogen) atoms. The van der Waals surface area contributed by atoms with Gasteiger partial charge < -0.3 is 15.2 Å². The van der Waals surface area contributed by atoms with Crippen LogP contribution in [0, 0.1) is 0 Å². The molecule has 4 heteroatoms. The third-order valence-electron chi connectivity index (χ3n) is 4.08. The number of benzene rings is 1. The predicted molar refractivity (Wildman–Crippen MR) is 77.9 cm³/mol. The molecule has 1 aliphatic heterocycles. The molecule has 0 spiro atoms. The van der Waals surface area contributed by atoms with Crippen LogP contribution in [0.5, 0.6) is 5.75 Å². The minimum atomic E-state index is -0.810. The molecule has 2 N–H and O–H groups in total. The van der Waals surface area contributed by atoms with E-state index in [1.54, 1.807) is 13.8 Å². The molecule has 0 amide bonds. The van der Waals surface area contributed by atoms with E-state index in [1.165, 1.54) is 5.56 Å². The van der Waals surface area contributed by atoms with Gasteiger partial charge in [-0.2, -0.15) is 0 Å². The van der Waals surface area contributed by atoms with Gasteiger partial charge in [0.2, 0.25) is 0 Å². The van der Waals surface area contributed by atoms with E-state index >= 15 is 0 Å². The summed E-state index contributed by atoms with van der Waals surface area (Å²) in [6, 6.07) is 3.90. The van der Waals surface area contributed by atoms with Crippen LogP contribution in [0.3, 0.4) is 0 Å². The SMILES string of the molecule is CC(C)(O)C(C)(C)NCc1cc(Cl)cc2c1OCC2. The fourth-order valence-corrected chi connectivity index (χ4v) is 2.27. The van der Waals surface area contributed by atoms with Gasteiger partial charge in [0.15, 0.2) is 0 Å². The van der Waals surface area contributed by atoms with Gasteiger partial charge in [-0.15, -0.1) is 0 Å². The van der Waals surface area contributed by atoms with E-state index in [2.05, 4.69) is 5.32 Å². The molecule has 1 aliphatic rings. The number of fused-ring (bicyclic) bond motifs is 1. The lowest BCUT2D eigenvalue weighted by molar-refractivity contribution is -0.00539. The molecule has 0 unspecified atom stereocenters. The Morgan fingerprint density at radius 1 is 1.32 bits per heavy atom. The van der Waals surface area contributed by atoms with Crippen LogP contribution in [-0.2, 0) is 13.0 Å². The maximum Gasteiger partial charge on any atom is 0.127 e. The van der Waals surface area contributed by atoms with Crippen molar-refractivity contribution in [2.75, 3.05) is 6.61 Å². The average molecular weight is 284 g/mol. The van der Waals surface area contributed by atoms with Crippen LogP contribution in [0.1, 0.15) is 38.8 Å². The zero-order valence-electron chi connectivity index (χ0n) is 12.0. The normalized spacial score (nSPS) is 15.3. The first-order valence-corrected chi connectivity index (χ1v) is 7.00. The lowest BCUT2D eigenvalue weighted by Crippen LogP contribution is -2.55. The minimum absolute atomic E-state index is 0.402. The molecule has 0 saturated heterocycles. The highest BCUT2D eigenvalue weighted by Crippen LogP contribution is 2.33. The third kappa shape index (κ3) is 3.04. The molecule has 1 aromatic rings. The van der Waals surface area contributed by atoms with Gasteiger partial charge in [-0.05, 0) is 45.4 Å². The van der Waals surface area contributed by atoms with E-state index < -0.39 is 11.1 Å². The highest BCUT2D eigenvalue weighted by Gasteiger charge is 2.34. The van der Waals surface area contributed by atoms with Crippen molar-refractivity contribution in [3.8, 4) is 5.75 Å². The summed E-state index contributed by atoms with van der Waals surface area (Å²) < 4.78 is 5.67. The minimum Gasteiger partial charge on any atom is -0.493 e. The molecule has 0 radical (unpaired) electrons. The van der Waals surface area contributed by atoms with E-state index in [1.807, 2.05) is 26.0 Å². The number of hydrogen-bond acceptors (Lipinski definition) is 3. The number of rotatable bonds is 4. The molecular formula is C15H22ClNO2. The smallest absolute Gasteiger partial charge is 0.127 e. The predicted octanol–water partition coefficient (Wildman–Crippen LogP) is 2.91. The summed E-state index contributed by atoms with van der Waals surface area (Å²) in [5, 5.41) is 14.3. The summed E-state index contributed by atoms with van der Waals surface area (Å²) in [7, 11) is 0. The molecule has 0 bridgehead atoms. The molecule has 0 fully saturated rings. The molecule has 0 atom stereocenters. The van der Waals surface area contributed by atoms with Crippen LogP contribution in [0.2, 0.25) is 5.02 Å². The first-order chi connectivity index (χ1) is 8.71. The lowest BCUT2D eigenvalue weighted by Gasteiger charge is -2.38. The Kier molecular flexibility index (Phi) is 3.83. The second kappa shape index (κ2) is 4.97. The van der Waals surface area contributed by atoms with Gasteiger partial charge in [0.05, 0.1) is 12.2 Å². The van der Waals surface area contributed by atoms with Gasteiger partial charge in [0.25, 0.3) is 0 Å². The van der Waals surface area contributed by atoms with Crippen molar-refractivity contribution in [2.45, 2.75) is 51.8 Å². The van der Waals surface area contributed by atoms with Gasteiger partial charge in [0, 0.05) is 29.1 Å². The van der Waals surface area contributed by atoms with Crippen LogP contribution < -0.4 is 10.1 Å². The Hall–Kier alpha value is -0.770. The maximum atomic E-state index is 10.2. The van der Waals surface area contributed by atoms with E-state index in [0.717, 1.165) is 29.4 Å². The van der Waals surface area contributed by atoms with Crippen molar-refractivity contribution in [2.24, 2.45) is 0 Å². The second-order valence-corrected chi connectivity index (χ2v) is 6.63. The van der Waals surface area contributed by atoms with Crippen molar-refractivity contribution in [1.82, 2.24) is 5.32 Å². The summed E-state index contributed by atoms with van der Waals surface area (Å²) in [5.74, 6) is 0.948. The van der Waals surface area contributed by atoms with Crippen LogP contribution in [0.4, 0.5) is 0 Å². The molecule has 1 aromatic carbocycles. The van der Waals surface area contributed by atoms with Gasteiger partial charge >= 0.3 is 0 Å². The Balaban J connectivity index is 2.17. The molecule has 1 heterocycles. The molecule has 0 aliphatic carbocycles. The van der Waals surface area contributed by atoms with Crippen molar-refractivity contribution >= 4 is 11.6 Å². The standard InChI is InChI=1S/C15H22ClNO2/c1-14(2,15(3,4)18)17-9-11-8-12(16)7-10-5-6-19-13(10)11/h7-8,17-18H,5-6,9H2,1-4H3. The lowest BCUT2D eigenvalue weighted by atomic mass is 9.86. The Morgan fingerprint density at radius 3 is 2.63 bits per heavy atom. The molecule has 106 valence electrons. The summed E-state index contributed by atoms with van der Waals surface area (Å²) >= 11 is 6.14. The second-order valence-electron chi connectivity index (χ2n) is 6.19. The zero-order chi connectivity index (χ0) is 14.3. The number of halogens is 1. The number of hydrogen-bond donors (Lipinski definition) is 2. The van der Waals surface area contributed by atoms with E-state index in [0.29, 0.717) is 6.54 Å². The first kappa shape index (κ1) is 14.6. The largest absolute Gasteiger partial charge is 0.493 e. The maximum absolute atomic E-state index is 10.2. The van der Waals surface area contributed by atoms with Crippen LogP contribution in [-0.4, -0.2) is 22.9 Å². The van der Waals surface area contributed by atoms with E-state index in [9.17, 15) is 5.11 Å². The monoisotopic (exact) mass is 283 g/mol. The summed E-state index contributed by atoms with van der Waals surface area (Å²) in [4.78, 5) is 0. The Morgan fingerprint density at radius 2 is 2.00 bits per heavy atom. The van der Waals surface area contributed by atoms with Crippen molar-refractivity contribution in [3.05, 3.63) is 28.3 Å². The van der Waals surface area contributed by atoms with Gasteiger partial charge in [-0.1, -0.05) is 11.6 Å². The summed E-state index contributed by atoms with van der Waals surface area (Å²) in [6.45, 7) is 8.92. The number of nitrogens with one attached hydrogen (secondary N) is 1. The van der Waals surface area contributed by atoms with Gasteiger partial charge in [-0.25, -0.2) is 0 Å². The van der Waals surface area contributed by atoms with Gasteiger partial charge in [-0.3, -0.25) is 0 Å². The third-order valence-corrected chi connectivity index (χ3v) is 4.29. The molecular weight excluding hydrogens is 262 g/mol. The zero-order valence-corrected chi connectivity index (χ0v) is 12.8. The topological polar surface area (TPSA) is 41.5 Å². The molecule has 0 aromatic heterocycles. The molecule has 2 rings (SSSR count). The number of aliphatic hydroxyl groups is 1. The Bertz CT molecular complexity index is 478. The fourth-order valence-electron chi connectivity index (χ4n) is 2.01. The van der Waals surface area contributed by atoms with Crippen LogP contribution >= 0.6 is 11.6 Å². The Labute approximate surface area is 119 Å². The summed E-state index contributed by atoms with van der Waals surface area (Å²) in [6.07, 6.45) is 0.914. The van der Waals surface area contributed by atoms with Crippen molar-refractivity contribution in [1.29, 1.82) is 0 Å². The van der Waals surface area contributed by atoms with E-state index in [-0.39, 0.29) is 0 Å². The van der Waals surface area contributed by atoms with Crippen molar-refractivity contribution < 1.29 is 9.84 Å². The average Bonchev–Trinajstić information content (AvgIpc) is 2.72. The quantitative estimate of drug-likeness (QED) is 0.893. The molecule has 0 saturated carbocycles. The number of ether oxygens (including phenoxy) is 1. The fraction of sp³-hybridized carbons (Fsp3) is 0.600. The van der Waals surface area contributed by atoms with Crippen LogP contribution in [0.25, 0.3) is 0 Å². The van der Waals surface area contributed by atoms with Gasteiger partial charge in [0.1, 0.15) is 5.75 Å².